The Kier molecular flexibility index (Phi) is 25.1. The molecule has 0 saturated carbocycles. The molecule has 0 fully saturated rings. The highest BCUT2D eigenvalue weighted by Gasteiger charge is 2.29. The molecule has 6 rings (SSSR count). The molecule has 0 unspecified atom stereocenters. The molecular weight excluding hydrogens is 868 g/mol. The second-order valence-corrected chi connectivity index (χ2v) is 16.5. The van der Waals surface area contributed by atoms with Crippen molar-refractivity contribution in [3.8, 4) is 17.7 Å². The number of hydrogen-bond donors (Lipinski definition) is 0. The van der Waals surface area contributed by atoms with Crippen molar-refractivity contribution in [1.82, 2.24) is 39.7 Å². The van der Waals surface area contributed by atoms with E-state index < -0.39 is 26.8 Å². The van der Waals surface area contributed by atoms with Gasteiger partial charge in [-0.2, -0.15) is 28.2 Å². The van der Waals surface area contributed by atoms with Gasteiger partial charge in [0.25, 0.3) is 15.8 Å². The van der Waals surface area contributed by atoms with Gasteiger partial charge in [0, 0.05) is 29.2 Å². The fourth-order valence-electron chi connectivity index (χ4n) is 4.23. The summed E-state index contributed by atoms with van der Waals surface area (Å²) in [6.45, 7) is 13.1. The van der Waals surface area contributed by atoms with Crippen LogP contribution in [0.4, 0.5) is 18.9 Å². The lowest BCUT2D eigenvalue weighted by Crippen LogP contribution is -2.12. The van der Waals surface area contributed by atoms with Crippen molar-refractivity contribution in [3.05, 3.63) is 141 Å². The first-order chi connectivity index (χ1) is 28.9. The number of hydrogen-bond acceptors (Lipinski definition) is 15. The quantitative estimate of drug-likeness (QED) is 0.0697. The van der Waals surface area contributed by atoms with Crippen molar-refractivity contribution >= 4 is 26.7 Å². The summed E-state index contributed by atoms with van der Waals surface area (Å²) in [5.41, 5.74) is 3.53. The van der Waals surface area contributed by atoms with E-state index in [4.69, 9.17) is 14.7 Å². The lowest BCUT2D eigenvalue weighted by molar-refractivity contribution is -0.634. The zero-order valence-corrected chi connectivity index (χ0v) is 38.0. The second kappa shape index (κ2) is 27.8. The van der Waals surface area contributed by atoms with Crippen molar-refractivity contribution in [2.75, 3.05) is 33.0 Å². The number of nitro benzene ring substituents is 1. The Hall–Kier alpha value is -6.10. The van der Waals surface area contributed by atoms with E-state index in [1.165, 1.54) is 48.9 Å². The molecule has 344 valence electrons. The minimum Gasteiger partial charge on any atom is -0.707 e. The first-order valence-corrected chi connectivity index (χ1v) is 21.7. The third kappa shape index (κ3) is 24.2. The van der Waals surface area contributed by atoms with Crippen LogP contribution in [0.25, 0.3) is 5.69 Å². The summed E-state index contributed by atoms with van der Waals surface area (Å²) in [6.07, 6.45) is 4.55. The van der Waals surface area contributed by atoms with Crippen LogP contribution in [0.3, 0.4) is 0 Å². The third-order valence-corrected chi connectivity index (χ3v) is 8.54. The molecule has 0 bridgehead atoms. The van der Waals surface area contributed by atoms with Gasteiger partial charge < -0.3 is 19.1 Å². The number of ether oxygens (including phenoxy) is 2. The average molecular weight is 922 g/mol. The van der Waals surface area contributed by atoms with Crippen molar-refractivity contribution in [3.63, 3.8) is 0 Å². The van der Waals surface area contributed by atoms with E-state index >= 15 is 0 Å². The van der Waals surface area contributed by atoms with Gasteiger partial charge in [0.2, 0.25) is 0 Å². The van der Waals surface area contributed by atoms with Crippen LogP contribution in [-0.4, -0.2) is 86.0 Å². The molecule has 0 aliphatic carbocycles. The molecule has 0 amide bonds. The fraction of sp³-hybridized carbons (Fsp3) is 0.341. The maximum atomic E-state index is 11.9. The van der Waals surface area contributed by atoms with Gasteiger partial charge in [-0.05, 0) is 90.4 Å². The number of methoxy groups -OCH3 is 2. The van der Waals surface area contributed by atoms with E-state index in [0.29, 0.717) is 23.0 Å². The van der Waals surface area contributed by atoms with Crippen LogP contribution in [0.5, 0.6) is 12.0 Å². The smallest absolute Gasteiger partial charge is 0.416 e. The highest BCUT2D eigenvalue weighted by Crippen LogP contribution is 2.28. The maximum Gasteiger partial charge on any atom is 0.416 e. The zero-order chi connectivity index (χ0) is 47.2. The topological polar surface area (TPSA) is 223 Å². The summed E-state index contributed by atoms with van der Waals surface area (Å²) in [5, 5.41) is 23.4. The van der Waals surface area contributed by atoms with Gasteiger partial charge in [-0.15, -0.1) is 4.98 Å². The summed E-state index contributed by atoms with van der Waals surface area (Å²) in [5.74, 6) is 2.95. The molecule has 3 aromatic heterocycles. The van der Waals surface area contributed by atoms with Gasteiger partial charge in [-0.1, -0.05) is 42.8 Å². The molecular formula is C41H54F3N9O8S2. The van der Waals surface area contributed by atoms with Crippen molar-refractivity contribution in [2.24, 2.45) is 0 Å². The number of non-ortho nitro benzene ring substituents is 1. The van der Waals surface area contributed by atoms with Crippen molar-refractivity contribution in [2.45, 2.75) is 67.0 Å². The van der Waals surface area contributed by atoms with Gasteiger partial charge in [0.15, 0.2) is 4.90 Å². The monoisotopic (exact) mass is 921 g/mol. The molecule has 0 N–H and O–H groups in total. The van der Waals surface area contributed by atoms with E-state index in [1.807, 2.05) is 33.9 Å². The first-order valence-electron chi connectivity index (χ1n) is 17.9. The molecule has 17 nitrogen and oxygen atoms in total. The van der Waals surface area contributed by atoms with Crippen LogP contribution in [0, 0.1) is 58.6 Å². The minimum absolute atomic E-state index is 0. The number of aryl methyl sites for hydroxylation is 7. The van der Waals surface area contributed by atoms with Crippen LogP contribution in [0.2, 0.25) is 0 Å². The van der Waals surface area contributed by atoms with Gasteiger partial charge in [-0.25, -0.2) is 28.1 Å². The highest BCUT2D eigenvalue weighted by atomic mass is 32.2. The van der Waals surface area contributed by atoms with E-state index in [2.05, 4.69) is 83.0 Å². The normalized spacial score (nSPS) is 10.2. The lowest BCUT2D eigenvalue weighted by atomic mass is 10.1. The summed E-state index contributed by atoms with van der Waals surface area (Å²) in [6, 6.07) is 20.6. The first kappa shape index (κ1) is 56.9. The number of rotatable bonds is 6. The number of aromatic nitrogens is 8. The molecule has 22 heteroatoms. The SMILES string of the molecule is C.COc1nc(C)nc(OC)n1.CS(=O)(=O)O[O-].Cc1ccc(C(F)(F)F)cc1.Cc1ccc([S+](C)C)cc1.Cc1cnn(-c2ccc([N+](=O)[O-])cc2)c1.Cc1nc(C)nc(C)n1. The number of nitrogens with zero attached hydrogens (tertiary/aromatic N) is 9. The van der Waals surface area contributed by atoms with Gasteiger partial charge in [-0.3, -0.25) is 10.1 Å². The molecule has 6 aromatic rings. The van der Waals surface area contributed by atoms with E-state index in [9.17, 15) is 31.7 Å². The number of nitro groups is 1. The Morgan fingerprint density at radius 3 is 1.38 bits per heavy atom. The Balaban J connectivity index is 0.000000744. The van der Waals surface area contributed by atoms with E-state index in [0.717, 1.165) is 46.4 Å². The van der Waals surface area contributed by atoms with Crippen LogP contribution >= 0.6 is 0 Å². The molecule has 0 radical (unpaired) electrons. The van der Waals surface area contributed by atoms with E-state index in [-0.39, 0.29) is 25.1 Å². The Morgan fingerprint density at radius 1 is 0.667 bits per heavy atom. The molecule has 0 saturated heterocycles. The minimum atomic E-state index is -4.21. The molecule has 0 atom stereocenters. The van der Waals surface area contributed by atoms with Crippen molar-refractivity contribution in [1.29, 1.82) is 0 Å². The predicted octanol–water partition coefficient (Wildman–Crippen LogP) is 7.20. The largest absolute Gasteiger partial charge is 0.707 e. The Morgan fingerprint density at radius 2 is 1.06 bits per heavy atom. The Bertz CT molecular complexity index is 2300. The fourth-order valence-corrected chi connectivity index (χ4v) is 4.91. The van der Waals surface area contributed by atoms with Crippen molar-refractivity contribution < 1.29 is 45.6 Å². The molecule has 0 aliphatic heterocycles. The maximum absolute atomic E-state index is 11.9. The van der Waals surface area contributed by atoms with Gasteiger partial charge >= 0.3 is 18.2 Å². The summed E-state index contributed by atoms with van der Waals surface area (Å²) in [4.78, 5) is 35.1. The van der Waals surface area contributed by atoms with Gasteiger partial charge in [0.1, 0.15) is 35.8 Å². The average Bonchev–Trinajstić information content (AvgIpc) is 3.64. The standard InChI is InChI=1S/C10H9N3O2.C9H13S.C8H7F3.C6H9N3O2.C6H9N3.CH4O4S.CH4/c1-8-6-11-12(7-8)9-2-4-10(5-3-9)13(14)15;1-8-4-6-9(7-5-8)10(2)3;1-6-2-4-7(5-3-6)8(9,10)11;1-4-7-5(10-2)9-6(8-4)11-3;1-4-7-5(2)9-6(3)8-4;1-6(3,4)5-2;/h2-7H,1H3;4-7H,1-3H3;2-5H,1H3;1-3H3;1-3H3;2H,1H3;1H4/q;+1;;;;;/p-1. The predicted molar refractivity (Wildman–Crippen MR) is 234 cm³/mol. The summed E-state index contributed by atoms with van der Waals surface area (Å²) >= 11 is 0. The molecule has 3 aromatic carbocycles. The van der Waals surface area contributed by atoms with Crippen LogP contribution < -0.4 is 14.7 Å². The molecule has 63 heavy (non-hydrogen) atoms. The Labute approximate surface area is 369 Å². The third-order valence-electron chi connectivity index (χ3n) is 7.07. The van der Waals surface area contributed by atoms with Crippen LogP contribution in [-0.2, 0) is 31.5 Å². The number of halogens is 3. The second-order valence-electron chi connectivity index (χ2n) is 12.8. The summed E-state index contributed by atoms with van der Waals surface area (Å²) in [7, 11) is -0.316. The lowest BCUT2D eigenvalue weighted by Gasteiger charge is -2.05. The number of benzene rings is 3. The highest BCUT2D eigenvalue weighted by molar-refractivity contribution is 7.95. The van der Waals surface area contributed by atoms with Crippen LogP contribution in [0.1, 0.15) is 53.0 Å². The van der Waals surface area contributed by atoms with E-state index in [1.54, 1.807) is 36.9 Å². The molecule has 0 aliphatic rings. The molecule has 0 spiro atoms. The molecule has 3 heterocycles. The number of alkyl halides is 3. The zero-order valence-electron chi connectivity index (χ0n) is 36.3. The van der Waals surface area contributed by atoms with Gasteiger partial charge in [0.05, 0.1) is 42.8 Å². The summed E-state index contributed by atoms with van der Waals surface area (Å²) < 4.78 is 68.6. The van der Waals surface area contributed by atoms with Crippen LogP contribution in [0.15, 0.2) is 90.1 Å².